The molecule has 1 fully saturated rings. The average Bonchev–Trinajstić information content (AvgIpc) is 2.88. The number of nitrogens with zero attached hydrogens (tertiary/aromatic N) is 2. The third kappa shape index (κ3) is 4.95. The first-order valence-corrected chi connectivity index (χ1v) is 11.8. The van der Waals surface area contributed by atoms with E-state index in [1.807, 2.05) is 4.98 Å². The van der Waals surface area contributed by atoms with E-state index in [2.05, 4.69) is 15.0 Å². The Hall–Kier alpha value is -2.86. The maximum atomic E-state index is 12.2. The van der Waals surface area contributed by atoms with Gasteiger partial charge in [-0.1, -0.05) is 6.07 Å². The summed E-state index contributed by atoms with van der Waals surface area (Å²) in [5.41, 5.74) is 0.744. The summed E-state index contributed by atoms with van der Waals surface area (Å²) in [5.74, 6) is -0.0936. The van der Waals surface area contributed by atoms with Gasteiger partial charge in [-0.25, -0.2) is 9.78 Å². The molecule has 208 valence electrons. The van der Waals surface area contributed by atoms with Crippen molar-refractivity contribution in [3.63, 3.8) is 0 Å². The molecule has 0 bridgehead atoms. The van der Waals surface area contributed by atoms with Gasteiger partial charge < -0.3 is 50.6 Å². The molecule has 4 rings (SSSR count). The molecule has 3 aliphatic heterocycles. The molecule has 3 aliphatic rings. The number of hydrogen-bond donors (Lipinski definition) is 10. The number of hydrogen-bond acceptors (Lipinski definition) is 13. The molecule has 9 atom stereocenters. The SMILES string of the molecule is Cc1cc(C[C@H](O)[C@H](O)[C@H](O)C(O)[C@H]2O[C@H](CO)[C@@H](O)[C@H](O)[C@H]2O)c2[nH]c3nc(=O)[nH]c(=O)c-3nc2c1C. The van der Waals surface area contributed by atoms with E-state index in [4.69, 9.17) is 4.74 Å². The Kier molecular flexibility index (Phi) is 7.94. The molecule has 15 nitrogen and oxygen atoms in total. The number of aliphatic hydroxyl groups excluding tert-OH is 8. The fourth-order valence-corrected chi connectivity index (χ4v) is 4.66. The minimum atomic E-state index is -2.09. The van der Waals surface area contributed by atoms with Crippen molar-refractivity contribution < 1.29 is 45.6 Å². The summed E-state index contributed by atoms with van der Waals surface area (Å²) in [6.45, 7) is 2.75. The fraction of sp³-hybridized carbons (Fsp3) is 0.565. The number of H-pyrrole nitrogens is 2. The van der Waals surface area contributed by atoms with E-state index in [0.29, 0.717) is 22.2 Å². The molecule has 15 heteroatoms. The van der Waals surface area contributed by atoms with E-state index in [1.54, 1.807) is 19.9 Å². The highest BCUT2D eigenvalue weighted by atomic mass is 16.6. The molecule has 1 aromatic rings. The number of rotatable bonds is 7. The predicted molar refractivity (Wildman–Crippen MR) is 128 cm³/mol. The lowest BCUT2D eigenvalue weighted by Gasteiger charge is -2.43. The molecule has 0 radical (unpaired) electrons. The lowest BCUT2D eigenvalue weighted by Crippen LogP contribution is -2.64. The minimum absolute atomic E-state index is 0.0936. The number of aromatic nitrogens is 4. The molecule has 1 saturated heterocycles. The zero-order valence-corrected chi connectivity index (χ0v) is 20.4. The Morgan fingerprint density at radius 3 is 2.32 bits per heavy atom. The Balaban J connectivity index is 1.62. The van der Waals surface area contributed by atoms with Gasteiger partial charge in [0.25, 0.3) is 5.56 Å². The first kappa shape index (κ1) is 28.2. The third-order valence-corrected chi connectivity index (χ3v) is 7.02. The first-order valence-electron chi connectivity index (χ1n) is 11.8. The Morgan fingerprint density at radius 1 is 0.974 bits per heavy atom. The van der Waals surface area contributed by atoms with Gasteiger partial charge in [-0.2, -0.15) is 4.98 Å². The van der Waals surface area contributed by atoms with Crippen molar-refractivity contribution in [2.45, 2.75) is 75.2 Å². The van der Waals surface area contributed by atoms with Gasteiger partial charge in [0.15, 0.2) is 11.5 Å². The van der Waals surface area contributed by atoms with Crippen LogP contribution in [-0.2, 0) is 11.2 Å². The van der Waals surface area contributed by atoms with Crippen molar-refractivity contribution in [2.75, 3.05) is 6.61 Å². The highest BCUT2D eigenvalue weighted by Crippen LogP contribution is 2.28. The molecule has 38 heavy (non-hydrogen) atoms. The summed E-state index contributed by atoms with van der Waals surface area (Å²) in [4.78, 5) is 36.8. The Morgan fingerprint density at radius 2 is 1.66 bits per heavy atom. The van der Waals surface area contributed by atoms with Crippen LogP contribution in [0.3, 0.4) is 0 Å². The van der Waals surface area contributed by atoms with Crippen molar-refractivity contribution in [1.29, 1.82) is 0 Å². The minimum Gasteiger partial charge on any atom is -0.394 e. The van der Waals surface area contributed by atoms with Crippen LogP contribution in [0.4, 0.5) is 0 Å². The summed E-state index contributed by atoms with van der Waals surface area (Å²) >= 11 is 0. The number of fused-ring (bicyclic) bond motifs is 2. The van der Waals surface area contributed by atoms with Crippen molar-refractivity contribution >= 4 is 11.0 Å². The number of ether oxygens (including phenoxy) is 1. The fourth-order valence-electron chi connectivity index (χ4n) is 4.66. The summed E-state index contributed by atoms with van der Waals surface area (Å²) in [7, 11) is 0. The van der Waals surface area contributed by atoms with Gasteiger partial charge in [0.05, 0.1) is 23.7 Å². The van der Waals surface area contributed by atoms with E-state index in [9.17, 15) is 50.4 Å². The summed E-state index contributed by atoms with van der Waals surface area (Å²) in [6, 6.07) is 1.67. The van der Waals surface area contributed by atoms with Crippen LogP contribution in [0, 0.1) is 13.8 Å². The second kappa shape index (κ2) is 10.7. The van der Waals surface area contributed by atoms with E-state index in [0.717, 1.165) is 5.56 Å². The van der Waals surface area contributed by atoms with Crippen molar-refractivity contribution in [2.24, 2.45) is 0 Å². The maximum absolute atomic E-state index is 12.2. The molecular formula is C23H30N4O11. The van der Waals surface area contributed by atoms with Gasteiger partial charge in [0.1, 0.15) is 48.8 Å². The zero-order valence-electron chi connectivity index (χ0n) is 20.4. The molecule has 0 aromatic heterocycles. The number of benzene rings is 1. The van der Waals surface area contributed by atoms with Crippen LogP contribution in [-0.4, -0.2) is 122 Å². The van der Waals surface area contributed by atoms with Gasteiger partial charge in [0, 0.05) is 6.42 Å². The van der Waals surface area contributed by atoms with E-state index in [1.165, 1.54) is 0 Å². The lowest BCUT2D eigenvalue weighted by atomic mass is 9.87. The van der Waals surface area contributed by atoms with Gasteiger partial charge in [-0.3, -0.25) is 9.78 Å². The van der Waals surface area contributed by atoms with Crippen LogP contribution >= 0.6 is 0 Å². The van der Waals surface area contributed by atoms with Crippen LogP contribution in [0.5, 0.6) is 0 Å². The van der Waals surface area contributed by atoms with Crippen LogP contribution < -0.4 is 11.2 Å². The van der Waals surface area contributed by atoms with Gasteiger partial charge in [-0.05, 0) is 30.5 Å². The molecule has 3 heterocycles. The van der Waals surface area contributed by atoms with Crippen molar-refractivity contribution in [1.82, 2.24) is 19.9 Å². The standard InChI is InChI=1S/C23H30N4O11/c1-6-3-8(12-11(7(6)2)24-13-21(25-12)26-23(37)27-22(13)36)4-9(29)14(30)16(32)18(34)20-19(35)17(33)15(31)10(5-28)38-20/h3,9-10,14-20,28-35H,4-5H2,1-2H3,(H2,25,26,27,36,37)/t9-,10+,14-,15+,16-,17-,18?,19+,20+/m0/s1. The molecular weight excluding hydrogens is 508 g/mol. The molecule has 0 spiro atoms. The second-order valence-corrected chi connectivity index (χ2v) is 9.54. The maximum Gasteiger partial charge on any atom is 0.349 e. The quantitative estimate of drug-likeness (QED) is 0.127. The zero-order chi connectivity index (χ0) is 28.0. The molecule has 1 aromatic carbocycles. The Labute approximate surface area is 214 Å². The average molecular weight is 539 g/mol. The van der Waals surface area contributed by atoms with Crippen molar-refractivity contribution in [3.05, 3.63) is 43.6 Å². The number of aliphatic hydroxyl groups is 8. The highest BCUT2D eigenvalue weighted by molar-refractivity contribution is 5.85. The molecule has 10 N–H and O–H groups in total. The molecule has 0 aliphatic carbocycles. The summed E-state index contributed by atoms with van der Waals surface area (Å²) < 4.78 is 5.22. The number of aromatic amines is 2. The first-order chi connectivity index (χ1) is 17.8. The van der Waals surface area contributed by atoms with Gasteiger partial charge in [0.2, 0.25) is 0 Å². The lowest BCUT2D eigenvalue weighted by molar-refractivity contribution is -0.263. The predicted octanol–water partition coefficient (Wildman–Crippen LogP) is -4.44. The number of aryl methyl sites for hydroxylation is 2. The molecule has 0 amide bonds. The van der Waals surface area contributed by atoms with Crippen LogP contribution in [0.1, 0.15) is 16.7 Å². The molecule has 0 saturated carbocycles. The van der Waals surface area contributed by atoms with Gasteiger partial charge in [-0.15, -0.1) is 0 Å². The van der Waals surface area contributed by atoms with E-state index >= 15 is 0 Å². The van der Waals surface area contributed by atoms with E-state index in [-0.39, 0.29) is 17.9 Å². The van der Waals surface area contributed by atoms with Crippen LogP contribution in [0.15, 0.2) is 15.7 Å². The Bertz CT molecular complexity index is 1390. The van der Waals surface area contributed by atoms with Gasteiger partial charge >= 0.3 is 5.69 Å². The monoisotopic (exact) mass is 538 g/mol. The topological polar surface area (TPSA) is 263 Å². The summed E-state index contributed by atoms with van der Waals surface area (Å²) in [5, 5.41) is 81.9. The van der Waals surface area contributed by atoms with Crippen LogP contribution in [0.2, 0.25) is 0 Å². The second-order valence-electron chi connectivity index (χ2n) is 9.54. The number of nitrogens with one attached hydrogen (secondary N) is 2. The highest BCUT2D eigenvalue weighted by Gasteiger charge is 2.49. The third-order valence-electron chi connectivity index (χ3n) is 7.02. The van der Waals surface area contributed by atoms with Crippen molar-refractivity contribution in [3.8, 4) is 11.5 Å². The largest absolute Gasteiger partial charge is 0.394 e. The smallest absolute Gasteiger partial charge is 0.349 e. The van der Waals surface area contributed by atoms with Crippen LogP contribution in [0.25, 0.3) is 22.6 Å². The normalized spacial score (nSPS) is 27.4. The van der Waals surface area contributed by atoms with E-state index < -0.39 is 72.8 Å². The molecule has 1 unspecified atom stereocenters. The summed E-state index contributed by atoms with van der Waals surface area (Å²) in [6.07, 6.45) is -16.5.